The topological polar surface area (TPSA) is 184 Å². The van der Waals surface area contributed by atoms with Crippen LogP contribution in [0.4, 0.5) is 0 Å². The first-order valence-corrected chi connectivity index (χ1v) is 10.4. The SMILES string of the molecule is CCOC(=O)C(C)OP1(=O)OC[C@H]2OC(n3ccc(=O)[nH]c3=O)[C@](C)(N=[N+]=[N-])[C@@H]2O1. The molecule has 1 aromatic heterocycles. The Kier molecular flexibility index (Phi) is 6.18. The number of nitrogens with zero attached hydrogens (tertiary/aromatic N) is 4. The molecule has 0 bridgehead atoms. The van der Waals surface area contributed by atoms with E-state index in [0.29, 0.717) is 0 Å². The van der Waals surface area contributed by atoms with Gasteiger partial charge in [-0.05, 0) is 26.3 Å². The third-order valence-corrected chi connectivity index (χ3v) is 6.15. The molecular weight excluding hydrogens is 425 g/mol. The van der Waals surface area contributed by atoms with E-state index in [1.807, 2.05) is 0 Å². The molecule has 6 atom stereocenters. The molecule has 2 aliphatic heterocycles. The normalized spacial score (nSPS) is 33.9. The van der Waals surface area contributed by atoms with Crippen molar-refractivity contribution in [2.75, 3.05) is 13.2 Å². The highest BCUT2D eigenvalue weighted by Gasteiger charge is 2.61. The molecule has 30 heavy (non-hydrogen) atoms. The van der Waals surface area contributed by atoms with Crippen molar-refractivity contribution >= 4 is 13.8 Å². The van der Waals surface area contributed by atoms with Gasteiger partial charge >= 0.3 is 19.5 Å². The number of esters is 1. The van der Waals surface area contributed by atoms with Crippen LogP contribution in [-0.2, 0) is 32.4 Å². The largest absolute Gasteiger partial charge is 0.476 e. The first-order valence-electron chi connectivity index (χ1n) is 8.94. The quantitative estimate of drug-likeness (QED) is 0.219. The summed E-state index contributed by atoms with van der Waals surface area (Å²) in [5.41, 5.74) is 6.08. The van der Waals surface area contributed by atoms with Crippen LogP contribution >= 0.6 is 7.82 Å². The molecule has 15 heteroatoms. The molecule has 14 nitrogen and oxygen atoms in total. The predicted octanol–water partition coefficient (Wildman–Crippen LogP) is 0.995. The summed E-state index contributed by atoms with van der Waals surface area (Å²) in [4.78, 5) is 40.2. The van der Waals surface area contributed by atoms with E-state index in [9.17, 15) is 18.9 Å². The second-order valence-electron chi connectivity index (χ2n) is 6.73. The van der Waals surface area contributed by atoms with Gasteiger partial charge in [0.15, 0.2) is 12.3 Å². The molecule has 2 aliphatic rings. The molecule has 0 spiro atoms. The summed E-state index contributed by atoms with van der Waals surface area (Å²) in [6, 6.07) is 1.09. The Hall–Kier alpha value is -2.47. The molecular formula is C15H20N5O9P. The van der Waals surface area contributed by atoms with Gasteiger partial charge in [0.2, 0.25) is 0 Å². The summed E-state index contributed by atoms with van der Waals surface area (Å²) in [7, 11) is -4.27. The summed E-state index contributed by atoms with van der Waals surface area (Å²) >= 11 is 0. The van der Waals surface area contributed by atoms with Crippen LogP contribution in [0.25, 0.3) is 10.4 Å². The van der Waals surface area contributed by atoms with E-state index < -0.39 is 55.1 Å². The number of aromatic amines is 1. The van der Waals surface area contributed by atoms with Crippen LogP contribution in [0.15, 0.2) is 27.0 Å². The highest BCUT2D eigenvalue weighted by atomic mass is 31.2. The zero-order chi connectivity index (χ0) is 22.1. The number of ether oxygens (including phenoxy) is 2. The van der Waals surface area contributed by atoms with Crippen LogP contribution in [0.5, 0.6) is 0 Å². The fourth-order valence-electron chi connectivity index (χ4n) is 3.24. The highest BCUT2D eigenvalue weighted by Crippen LogP contribution is 2.60. The fraction of sp³-hybridized carbons (Fsp3) is 0.667. The predicted molar refractivity (Wildman–Crippen MR) is 98.4 cm³/mol. The number of aromatic nitrogens is 2. The standard InChI is InChI=1S/C15H20N5O9P/c1-4-25-12(22)8(2)28-30(24)26-7-9-11(29-30)15(3,18-19-16)13(27-9)20-6-5-10(21)17-14(20)23/h5-6,8-9,11,13H,4,7H2,1-3H3,(H,17,21,23)/t8?,9-,11-,13?,15-,30?/m1/s1. The minimum Gasteiger partial charge on any atom is -0.464 e. The van der Waals surface area contributed by atoms with Crippen molar-refractivity contribution < 1.29 is 32.4 Å². The van der Waals surface area contributed by atoms with Crippen molar-refractivity contribution in [1.29, 1.82) is 0 Å². The van der Waals surface area contributed by atoms with Crippen LogP contribution in [0, 0.1) is 0 Å². The van der Waals surface area contributed by atoms with Crippen LogP contribution in [0.3, 0.4) is 0 Å². The van der Waals surface area contributed by atoms with Crippen LogP contribution in [0.2, 0.25) is 0 Å². The number of carbonyl (C=O) groups excluding carboxylic acids is 1. The van der Waals surface area contributed by atoms with Gasteiger partial charge in [-0.15, -0.1) is 0 Å². The number of carbonyl (C=O) groups is 1. The lowest BCUT2D eigenvalue weighted by atomic mass is 9.93. The molecule has 164 valence electrons. The second-order valence-corrected chi connectivity index (χ2v) is 8.30. The average molecular weight is 445 g/mol. The molecule has 0 aromatic carbocycles. The summed E-state index contributed by atoms with van der Waals surface area (Å²) in [5.74, 6) is -0.764. The van der Waals surface area contributed by atoms with E-state index in [1.54, 1.807) is 6.92 Å². The Morgan fingerprint density at radius 3 is 2.93 bits per heavy atom. The van der Waals surface area contributed by atoms with Gasteiger partial charge in [-0.25, -0.2) is 14.2 Å². The van der Waals surface area contributed by atoms with Crippen LogP contribution in [0.1, 0.15) is 27.0 Å². The molecule has 0 saturated carbocycles. The molecule has 1 N–H and O–H groups in total. The van der Waals surface area contributed by atoms with Gasteiger partial charge in [-0.1, -0.05) is 5.11 Å². The summed E-state index contributed by atoms with van der Waals surface area (Å²) in [6.07, 6.45) is -3.31. The number of phosphoric acid groups is 1. The van der Waals surface area contributed by atoms with Gasteiger partial charge in [0, 0.05) is 17.2 Å². The van der Waals surface area contributed by atoms with Gasteiger partial charge in [0.1, 0.15) is 17.7 Å². The van der Waals surface area contributed by atoms with Crippen molar-refractivity contribution in [2.24, 2.45) is 5.11 Å². The third kappa shape index (κ3) is 4.06. The number of nitrogens with one attached hydrogen (secondary N) is 1. The Bertz CT molecular complexity index is 1030. The van der Waals surface area contributed by atoms with Crippen LogP contribution in [-0.4, -0.2) is 52.6 Å². The maximum atomic E-state index is 13.0. The number of fused-ring (bicyclic) bond motifs is 1. The first-order chi connectivity index (χ1) is 14.1. The Balaban J connectivity index is 1.91. The molecule has 1 aromatic rings. The van der Waals surface area contributed by atoms with Crippen molar-refractivity contribution in [3.05, 3.63) is 43.5 Å². The third-order valence-electron chi connectivity index (χ3n) is 4.63. The summed E-state index contributed by atoms with van der Waals surface area (Å²) in [6.45, 7) is 4.16. The molecule has 0 aliphatic carbocycles. The summed E-state index contributed by atoms with van der Waals surface area (Å²) < 4.78 is 40.4. The van der Waals surface area contributed by atoms with Gasteiger partial charge in [-0.2, -0.15) is 0 Å². The maximum absolute atomic E-state index is 13.0. The second kappa shape index (κ2) is 8.34. The number of hydrogen-bond acceptors (Lipinski definition) is 10. The van der Waals surface area contributed by atoms with E-state index >= 15 is 0 Å². The zero-order valence-electron chi connectivity index (χ0n) is 16.3. The average Bonchev–Trinajstić information content (AvgIpc) is 2.94. The minimum atomic E-state index is -4.27. The molecule has 0 radical (unpaired) electrons. The number of azide groups is 1. The van der Waals surface area contributed by atoms with Gasteiger partial charge in [0.25, 0.3) is 5.56 Å². The number of H-pyrrole nitrogens is 1. The first kappa shape index (κ1) is 22.2. The Labute approximate surface area is 169 Å². The Morgan fingerprint density at radius 2 is 2.30 bits per heavy atom. The number of rotatable bonds is 6. The summed E-state index contributed by atoms with van der Waals surface area (Å²) in [5, 5.41) is 3.73. The maximum Gasteiger partial charge on any atom is 0.476 e. The molecule has 3 heterocycles. The molecule has 2 fully saturated rings. The fourth-order valence-corrected chi connectivity index (χ4v) is 4.84. The monoisotopic (exact) mass is 445 g/mol. The molecule has 2 saturated heterocycles. The van der Waals surface area contributed by atoms with Gasteiger partial charge < -0.3 is 9.47 Å². The van der Waals surface area contributed by atoms with Gasteiger partial charge in [-0.3, -0.25) is 27.9 Å². The van der Waals surface area contributed by atoms with Crippen molar-refractivity contribution in [1.82, 2.24) is 9.55 Å². The van der Waals surface area contributed by atoms with E-state index in [1.165, 1.54) is 20.0 Å². The number of hydrogen-bond donors (Lipinski definition) is 1. The lowest BCUT2D eigenvalue weighted by Crippen LogP contribution is -2.48. The lowest BCUT2D eigenvalue weighted by molar-refractivity contribution is -0.153. The van der Waals surface area contributed by atoms with E-state index in [2.05, 4.69) is 15.0 Å². The zero-order valence-corrected chi connectivity index (χ0v) is 17.2. The highest BCUT2D eigenvalue weighted by molar-refractivity contribution is 7.48. The smallest absolute Gasteiger partial charge is 0.464 e. The lowest BCUT2D eigenvalue weighted by Gasteiger charge is -2.35. The van der Waals surface area contributed by atoms with E-state index in [-0.39, 0.29) is 13.2 Å². The van der Waals surface area contributed by atoms with Crippen LogP contribution < -0.4 is 11.2 Å². The minimum absolute atomic E-state index is 0.0989. The molecule has 3 unspecified atom stereocenters. The number of phosphoric ester groups is 1. The van der Waals surface area contributed by atoms with E-state index in [0.717, 1.165) is 10.6 Å². The van der Waals surface area contributed by atoms with Crippen molar-refractivity contribution in [2.45, 2.75) is 50.8 Å². The van der Waals surface area contributed by atoms with Crippen molar-refractivity contribution in [3.8, 4) is 0 Å². The Morgan fingerprint density at radius 1 is 1.57 bits per heavy atom. The molecule has 3 rings (SSSR count). The van der Waals surface area contributed by atoms with E-state index in [4.69, 9.17) is 28.6 Å². The van der Waals surface area contributed by atoms with Crippen molar-refractivity contribution in [3.63, 3.8) is 0 Å². The molecule has 0 amide bonds. The van der Waals surface area contributed by atoms with Gasteiger partial charge in [0.05, 0.1) is 13.2 Å².